The summed E-state index contributed by atoms with van der Waals surface area (Å²) in [6, 6.07) is 7.74. The van der Waals surface area contributed by atoms with Crippen LogP contribution in [0, 0.1) is 0 Å². The van der Waals surface area contributed by atoms with E-state index in [1.54, 1.807) is 6.20 Å². The zero-order valence-electron chi connectivity index (χ0n) is 8.72. The monoisotopic (exact) mass is 261 g/mol. The molecule has 0 aliphatic heterocycles. The van der Waals surface area contributed by atoms with E-state index in [-0.39, 0.29) is 0 Å². The molecule has 0 saturated heterocycles. The third kappa shape index (κ3) is 1.85. The molecule has 84 valence electrons. The first kappa shape index (κ1) is 10.5. The van der Waals surface area contributed by atoms with Crippen molar-refractivity contribution in [1.29, 1.82) is 0 Å². The first-order valence-electron chi connectivity index (χ1n) is 5.00. The molecule has 2 aromatic heterocycles. The first-order valence-corrected chi connectivity index (χ1v) is 6.25. The fourth-order valence-corrected chi connectivity index (χ4v) is 2.49. The highest BCUT2D eigenvalue weighted by atomic mass is 35.5. The number of anilines is 1. The number of benzene rings is 1. The molecule has 0 amide bonds. The molecule has 1 aromatic carbocycles. The Hall–Kier alpha value is -1.65. The summed E-state index contributed by atoms with van der Waals surface area (Å²) in [5.41, 5.74) is 8.23. The van der Waals surface area contributed by atoms with E-state index in [0.29, 0.717) is 10.2 Å². The largest absolute Gasteiger partial charge is 0.375 e. The van der Waals surface area contributed by atoms with Crippen LogP contribution in [0.15, 0.2) is 35.8 Å². The first-order chi connectivity index (χ1) is 8.24. The van der Waals surface area contributed by atoms with Crippen molar-refractivity contribution in [1.82, 2.24) is 9.97 Å². The van der Waals surface area contributed by atoms with Crippen molar-refractivity contribution in [3.63, 3.8) is 0 Å². The SMILES string of the molecule is Nc1nc(-c2cnc3c(Cl)cccc3c2)cs1. The van der Waals surface area contributed by atoms with Gasteiger partial charge in [0.05, 0.1) is 16.2 Å². The molecule has 0 bridgehead atoms. The van der Waals surface area contributed by atoms with Crippen LogP contribution in [0.2, 0.25) is 5.02 Å². The van der Waals surface area contributed by atoms with Crippen molar-refractivity contribution in [3.8, 4) is 11.3 Å². The number of aromatic nitrogens is 2. The average molecular weight is 262 g/mol. The van der Waals surface area contributed by atoms with Crippen LogP contribution in [-0.4, -0.2) is 9.97 Å². The van der Waals surface area contributed by atoms with Gasteiger partial charge in [0.1, 0.15) is 0 Å². The van der Waals surface area contributed by atoms with Gasteiger partial charge in [-0.15, -0.1) is 11.3 Å². The summed E-state index contributed by atoms with van der Waals surface area (Å²) in [6.45, 7) is 0. The van der Waals surface area contributed by atoms with Crippen molar-refractivity contribution in [2.24, 2.45) is 0 Å². The van der Waals surface area contributed by atoms with Gasteiger partial charge < -0.3 is 5.73 Å². The normalized spacial score (nSPS) is 10.9. The molecule has 3 aromatic rings. The lowest BCUT2D eigenvalue weighted by Crippen LogP contribution is -1.85. The maximum Gasteiger partial charge on any atom is 0.180 e. The minimum Gasteiger partial charge on any atom is -0.375 e. The lowest BCUT2D eigenvalue weighted by atomic mass is 10.1. The Labute approximate surface area is 107 Å². The van der Waals surface area contributed by atoms with E-state index in [1.165, 1.54) is 11.3 Å². The number of para-hydroxylation sites is 1. The number of halogens is 1. The van der Waals surface area contributed by atoms with E-state index in [9.17, 15) is 0 Å². The Morgan fingerprint density at radius 2 is 2.18 bits per heavy atom. The molecule has 0 atom stereocenters. The van der Waals surface area contributed by atoms with Crippen LogP contribution in [0.1, 0.15) is 0 Å². The van der Waals surface area contributed by atoms with Crippen LogP contribution in [0.3, 0.4) is 0 Å². The topological polar surface area (TPSA) is 51.8 Å². The maximum absolute atomic E-state index is 6.06. The molecule has 2 heterocycles. The quantitative estimate of drug-likeness (QED) is 0.728. The van der Waals surface area contributed by atoms with Crippen LogP contribution < -0.4 is 5.73 Å². The Balaban J connectivity index is 2.20. The number of pyridine rings is 1. The molecule has 5 heteroatoms. The van der Waals surface area contributed by atoms with Gasteiger partial charge >= 0.3 is 0 Å². The Bertz CT molecular complexity index is 693. The third-order valence-corrected chi connectivity index (χ3v) is 3.46. The van der Waals surface area contributed by atoms with Gasteiger partial charge in [0.2, 0.25) is 0 Å². The minimum absolute atomic E-state index is 0.561. The summed E-state index contributed by atoms with van der Waals surface area (Å²) in [6.07, 6.45) is 1.77. The molecule has 0 saturated carbocycles. The predicted octanol–water partition coefficient (Wildman–Crippen LogP) is 3.59. The standard InChI is InChI=1S/C12H8ClN3S/c13-9-3-1-2-7-4-8(5-15-11(7)9)10-6-17-12(14)16-10/h1-6H,(H2,14,16). The molecule has 0 fully saturated rings. The van der Waals surface area contributed by atoms with Gasteiger partial charge in [0, 0.05) is 22.5 Å². The number of hydrogen-bond acceptors (Lipinski definition) is 4. The van der Waals surface area contributed by atoms with Crippen molar-refractivity contribution < 1.29 is 0 Å². The molecule has 0 aliphatic rings. The van der Waals surface area contributed by atoms with Crippen molar-refractivity contribution in [2.45, 2.75) is 0 Å². The van der Waals surface area contributed by atoms with Gasteiger partial charge in [-0.05, 0) is 12.1 Å². The van der Waals surface area contributed by atoms with Crippen LogP contribution >= 0.6 is 22.9 Å². The van der Waals surface area contributed by atoms with E-state index in [0.717, 1.165) is 22.2 Å². The number of rotatable bonds is 1. The summed E-state index contributed by atoms with van der Waals surface area (Å²) in [5, 5.41) is 4.14. The molecule has 0 spiro atoms. The Kier molecular flexibility index (Phi) is 2.46. The molecule has 0 aliphatic carbocycles. The molecule has 0 radical (unpaired) electrons. The van der Waals surface area contributed by atoms with E-state index in [4.69, 9.17) is 17.3 Å². The fourth-order valence-electron chi connectivity index (χ4n) is 1.68. The number of thiazole rings is 1. The summed E-state index contributed by atoms with van der Waals surface area (Å²) in [4.78, 5) is 8.59. The zero-order valence-corrected chi connectivity index (χ0v) is 10.3. The van der Waals surface area contributed by atoms with Crippen LogP contribution in [0.4, 0.5) is 5.13 Å². The summed E-state index contributed by atoms with van der Waals surface area (Å²) in [7, 11) is 0. The van der Waals surface area contributed by atoms with Crippen molar-refractivity contribution in [3.05, 3.63) is 40.9 Å². The van der Waals surface area contributed by atoms with E-state index >= 15 is 0 Å². The lowest BCUT2D eigenvalue weighted by molar-refractivity contribution is 1.36. The van der Waals surface area contributed by atoms with Gasteiger partial charge in [0.15, 0.2) is 5.13 Å². The van der Waals surface area contributed by atoms with Gasteiger partial charge in [-0.2, -0.15) is 0 Å². The number of nitrogens with two attached hydrogens (primary N) is 1. The predicted molar refractivity (Wildman–Crippen MR) is 72.3 cm³/mol. The number of fused-ring (bicyclic) bond motifs is 1. The van der Waals surface area contributed by atoms with Gasteiger partial charge in [-0.3, -0.25) is 4.98 Å². The Morgan fingerprint density at radius 3 is 2.94 bits per heavy atom. The second-order valence-electron chi connectivity index (χ2n) is 3.61. The van der Waals surface area contributed by atoms with Gasteiger partial charge in [-0.25, -0.2) is 4.98 Å². The second kappa shape index (κ2) is 3.98. The highest BCUT2D eigenvalue weighted by molar-refractivity contribution is 7.13. The molecular weight excluding hydrogens is 254 g/mol. The second-order valence-corrected chi connectivity index (χ2v) is 4.90. The van der Waals surface area contributed by atoms with Crippen LogP contribution in [-0.2, 0) is 0 Å². The minimum atomic E-state index is 0.561. The average Bonchev–Trinajstić information content (AvgIpc) is 2.76. The molecule has 3 nitrogen and oxygen atoms in total. The number of hydrogen-bond donors (Lipinski definition) is 1. The van der Waals surface area contributed by atoms with Crippen LogP contribution in [0.5, 0.6) is 0 Å². The van der Waals surface area contributed by atoms with E-state index < -0.39 is 0 Å². The van der Waals surface area contributed by atoms with Gasteiger partial charge in [0.25, 0.3) is 0 Å². The smallest absolute Gasteiger partial charge is 0.180 e. The van der Waals surface area contributed by atoms with Gasteiger partial charge in [-0.1, -0.05) is 23.7 Å². The molecular formula is C12H8ClN3S. The van der Waals surface area contributed by atoms with Crippen molar-refractivity contribution in [2.75, 3.05) is 5.73 Å². The van der Waals surface area contributed by atoms with E-state index in [1.807, 2.05) is 29.6 Å². The third-order valence-electron chi connectivity index (χ3n) is 2.48. The fraction of sp³-hybridized carbons (Fsp3) is 0. The molecule has 2 N–H and O–H groups in total. The molecule has 3 rings (SSSR count). The molecule has 17 heavy (non-hydrogen) atoms. The summed E-state index contributed by atoms with van der Waals surface area (Å²) < 4.78 is 0. The maximum atomic E-state index is 6.06. The number of nitrogen functional groups attached to an aromatic ring is 1. The van der Waals surface area contributed by atoms with E-state index in [2.05, 4.69) is 9.97 Å². The lowest BCUT2D eigenvalue weighted by Gasteiger charge is -2.01. The zero-order chi connectivity index (χ0) is 11.8. The molecule has 0 unspecified atom stereocenters. The van der Waals surface area contributed by atoms with Crippen LogP contribution in [0.25, 0.3) is 22.2 Å². The highest BCUT2D eigenvalue weighted by Crippen LogP contribution is 2.27. The van der Waals surface area contributed by atoms with Crippen molar-refractivity contribution >= 4 is 39.0 Å². The summed E-state index contributed by atoms with van der Waals surface area (Å²) >= 11 is 7.48. The highest BCUT2D eigenvalue weighted by Gasteiger charge is 2.06. The summed E-state index contributed by atoms with van der Waals surface area (Å²) in [5.74, 6) is 0. The number of nitrogens with zero attached hydrogens (tertiary/aromatic N) is 2. The Morgan fingerprint density at radius 1 is 1.29 bits per heavy atom.